The quantitative estimate of drug-likeness (QED) is 0.0271. The molecular formula is C43H78NO8P. The maximum absolute atomic E-state index is 12.5. The van der Waals surface area contributed by atoms with Crippen LogP contribution in [0.25, 0.3) is 0 Å². The third-order valence-electron chi connectivity index (χ3n) is 8.69. The van der Waals surface area contributed by atoms with Crippen molar-refractivity contribution in [3.8, 4) is 0 Å². The van der Waals surface area contributed by atoms with E-state index in [0.29, 0.717) is 19.3 Å². The van der Waals surface area contributed by atoms with E-state index >= 15 is 0 Å². The molecule has 0 bridgehead atoms. The molecule has 9 nitrogen and oxygen atoms in total. The van der Waals surface area contributed by atoms with Gasteiger partial charge in [0, 0.05) is 19.4 Å². The second-order valence-corrected chi connectivity index (χ2v) is 15.3. The summed E-state index contributed by atoms with van der Waals surface area (Å²) in [7, 11) is -4.39. The smallest absolute Gasteiger partial charge is 0.462 e. The maximum atomic E-state index is 12.5. The van der Waals surface area contributed by atoms with E-state index in [1.54, 1.807) is 0 Å². The fourth-order valence-electron chi connectivity index (χ4n) is 5.53. The SMILES string of the molecule is CCCCCCCCC=CCC=CCC=CCCCC(=O)O[C@H](COC(=O)CCCCCCCC=CCCCCCCCC)COP(=O)(O)OCCN. The molecule has 2 atom stereocenters. The van der Waals surface area contributed by atoms with Crippen LogP contribution in [-0.2, 0) is 32.7 Å². The number of hydrogen-bond acceptors (Lipinski definition) is 8. The van der Waals surface area contributed by atoms with Crippen molar-refractivity contribution in [2.45, 2.75) is 187 Å². The zero-order valence-electron chi connectivity index (χ0n) is 33.7. The van der Waals surface area contributed by atoms with Crippen molar-refractivity contribution in [2.75, 3.05) is 26.4 Å². The van der Waals surface area contributed by atoms with Gasteiger partial charge < -0.3 is 20.1 Å². The predicted molar refractivity (Wildman–Crippen MR) is 220 cm³/mol. The summed E-state index contributed by atoms with van der Waals surface area (Å²) in [6.45, 7) is 3.65. The van der Waals surface area contributed by atoms with Crippen LogP contribution in [-0.4, -0.2) is 49.3 Å². The minimum Gasteiger partial charge on any atom is -0.462 e. The second-order valence-electron chi connectivity index (χ2n) is 13.8. The molecule has 53 heavy (non-hydrogen) atoms. The van der Waals surface area contributed by atoms with Crippen molar-refractivity contribution in [3.63, 3.8) is 0 Å². The summed E-state index contributed by atoms with van der Waals surface area (Å²) < 4.78 is 32.7. The molecule has 0 fully saturated rings. The number of allylic oxidation sites excluding steroid dienone is 8. The number of phosphoric ester groups is 1. The normalized spacial score (nSPS) is 13.8. The van der Waals surface area contributed by atoms with E-state index < -0.39 is 32.5 Å². The van der Waals surface area contributed by atoms with Crippen molar-refractivity contribution in [2.24, 2.45) is 5.73 Å². The number of carbonyl (C=O) groups is 2. The predicted octanol–water partition coefficient (Wildman–Crippen LogP) is 11.9. The highest BCUT2D eigenvalue weighted by Crippen LogP contribution is 2.43. The van der Waals surface area contributed by atoms with E-state index in [-0.39, 0.29) is 32.6 Å². The number of unbranched alkanes of at least 4 members (excludes halogenated alkanes) is 18. The van der Waals surface area contributed by atoms with E-state index in [4.69, 9.17) is 24.3 Å². The first-order valence-electron chi connectivity index (χ1n) is 21.1. The van der Waals surface area contributed by atoms with Gasteiger partial charge in [0.2, 0.25) is 0 Å². The Labute approximate surface area is 324 Å². The lowest BCUT2D eigenvalue weighted by Crippen LogP contribution is -2.29. The van der Waals surface area contributed by atoms with Gasteiger partial charge in [0.25, 0.3) is 0 Å². The standard InChI is InChI=1S/C43H78NO8P/c1-3-5-7-9-11-13-15-17-19-20-22-24-26-28-30-32-34-36-43(46)52-41(40-51-53(47,48)50-38-37-44)39-49-42(45)35-33-31-29-27-25-23-21-18-16-14-12-10-8-6-4-2/h17-19,21-22,24,28,30,41H,3-16,20,23,25-27,29,31-40,44H2,1-2H3,(H,47,48)/t41-/m1/s1. The molecule has 308 valence electrons. The summed E-state index contributed by atoms with van der Waals surface area (Å²) in [4.78, 5) is 34.8. The topological polar surface area (TPSA) is 134 Å². The molecule has 0 aromatic rings. The van der Waals surface area contributed by atoms with Crippen molar-refractivity contribution in [3.05, 3.63) is 48.6 Å². The molecule has 0 aliphatic carbocycles. The van der Waals surface area contributed by atoms with Crippen molar-refractivity contribution >= 4 is 19.8 Å². The largest absolute Gasteiger partial charge is 0.472 e. The second kappa shape index (κ2) is 39.7. The average Bonchev–Trinajstić information content (AvgIpc) is 3.14. The Morgan fingerprint density at radius 2 is 1.00 bits per heavy atom. The van der Waals surface area contributed by atoms with Crippen molar-refractivity contribution in [1.29, 1.82) is 0 Å². The molecule has 0 spiro atoms. The van der Waals surface area contributed by atoms with Gasteiger partial charge in [-0.05, 0) is 70.6 Å². The first kappa shape index (κ1) is 51.0. The summed E-state index contributed by atoms with van der Waals surface area (Å²) in [5, 5.41) is 0. The molecule has 3 N–H and O–H groups in total. The van der Waals surface area contributed by atoms with Crippen LogP contribution in [0, 0.1) is 0 Å². The van der Waals surface area contributed by atoms with Gasteiger partial charge in [-0.25, -0.2) is 4.57 Å². The maximum Gasteiger partial charge on any atom is 0.472 e. The van der Waals surface area contributed by atoms with Gasteiger partial charge in [-0.15, -0.1) is 0 Å². The summed E-state index contributed by atoms with van der Waals surface area (Å²) in [6.07, 6.45) is 44.3. The van der Waals surface area contributed by atoms with E-state index in [1.807, 2.05) is 6.08 Å². The van der Waals surface area contributed by atoms with Crippen LogP contribution in [0.4, 0.5) is 0 Å². The first-order chi connectivity index (χ1) is 25.8. The lowest BCUT2D eigenvalue weighted by atomic mass is 10.1. The van der Waals surface area contributed by atoms with E-state index in [1.165, 1.54) is 83.5 Å². The molecule has 0 aliphatic heterocycles. The molecule has 0 aromatic carbocycles. The summed E-state index contributed by atoms with van der Waals surface area (Å²) in [6, 6.07) is 0. The number of hydrogen-bond donors (Lipinski definition) is 2. The third-order valence-corrected chi connectivity index (χ3v) is 9.67. The first-order valence-corrected chi connectivity index (χ1v) is 22.6. The fraction of sp³-hybridized carbons (Fsp3) is 0.767. The molecule has 0 radical (unpaired) electrons. The Morgan fingerprint density at radius 3 is 1.53 bits per heavy atom. The van der Waals surface area contributed by atoms with Crippen LogP contribution in [0.5, 0.6) is 0 Å². The summed E-state index contributed by atoms with van der Waals surface area (Å²) >= 11 is 0. The Balaban J connectivity index is 4.28. The Hall–Kier alpha value is -2.03. The Bertz CT molecular complexity index is 1010. The van der Waals surface area contributed by atoms with Crippen LogP contribution in [0.1, 0.15) is 181 Å². The average molecular weight is 768 g/mol. The van der Waals surface area contributed by atoms with Gasteiger partial charge in [0.15, 0.2) is 6.10 Å². The minimum atomic E-state index is -4.39. The highest BCUT2D eigenvalue weighted by Gasteiger charge is 2.25. The molecule has 0 aromatic heterocycles. The molecule has 0 aliphatic rings. The van der Waals surface area contributed by atoms with Crippen molar-refractivity contribution < 1.29 is 37.6 Å². The molecule has 0 rings (SSSR count). The van der Waals surface area contributed by atoms with Crippen molar-refractivity contribution in [1.82, 2.24) is 0 Å². The molecule has 0 saturated heterocycles. The Kier molecular flexibility index (Phi) is 38.1. The van der Waals surface area contributed by atoms with Gasteiger partial charge in [-0.1, -0.05) is 146 Å². The van der Waals surface area contributed by atoms with Crippen LogP contribution >= 0.6 is 7.82 Å². The van der Waals surface area contributed by atoms with E-state index in [2.05, 4.69) is 56.4 Å². The highest BCUT2D eigenvalue weighted by molar-refractivity contribution is 7.47. The van der Waals surface area contributed by atoms with Crippen LogP contribution in [0.15, 0.2) is 48.6 Å². The number of rotatable bonds is 39. The lowest BCUT2D eigenvalue weighted by molar-refractivity contribution is -0.161. The third kappa shape index (κ3) is 39.5. The number of esters is 2. The molecule has 0 heterocycles. The number of carbonyl (C=O) groups excluding carboxylic acids is 2. The van der Waals surface area contributed by atoms with Crippen LogP contribution < -0.4 is 5.73 Å². The van der Waals surface area contributed by atoms with Gasteiger partial charge in [-0.3, -0.25) is 18.6 Å². The Morgan fingerprint density at radius 1 is 0.566 bits per heavy atom. The van der Waals surface area contributed by atoms with Crippen LogP contribution in [0.2, 0.25) is 0 Å². The van der Waals surface area contributed by atoms with Gasteiger partial charge in [0.1, 0.15) is 6.61 Å². The van der Waals surface area contributed by atoms with Gasteiger partial charge >= 0.3 is 19.8 Å². The zero-order valence-corrected chi connectivity index (χ0v) is 34.6. The lowest BCUT2D eigenvalue weighted by Gasteiger charge is -2.19. The zero-order chi connectivity index (χ0) is 38.9. The molecule has 0 amide bonds. The fourth-order valence-corrected chi connectivity index (χ4v) is 6.29. The molecule has 1 unspecified atom stereocenters. The number of ether oxygens (including phenoxy) is 2. The van der Waals surface area contributed by atoms with Gasteiger partial charge in [0.05, 0.1) is 13.2 Å². The molecule has 10 heteroatoms. The number of phosphoric acid groups is 1. The minimum absolute atomic E-state index is 0.0434. The number of nitrogens with two attached hydrogens (primary N) is 1. The molecular weight excluding hydrogens is 689 g/mol. The summed E-state index contributed by atoms with van der Waals surface area (Å²) in [5.74, 6) is -0.901. The van der Waals surface area contributed by atoms with E-state index in [0.717, 1.165) is 51.4 Å². The van der Waals surface area contributed by atoms with E-state index in [9.17, 15) is 19.0 Å². The highest BCUT2D eigenvalue weighted by atomic mass is 31.2. The monoisotopic (exact) mass is 768 g/mol. The van der Waals surface area contributed by atoms with Gasteiger partial charge in [-0.2, -0.15) is 0 Å². The summed E-state index contributed by atoms with van der Waals surface area (Å²) in [5.41, 5.74) is 5.34. The van der Waals surface area contributed by atoms with Crippen LogP contribution in [0.3, 0.4) is 0 Å². The molecule has 0 saturated carbocycles.